The molecule has 0 bridgehead atoms. The van der Waals surface area contributed by atoms with E-state index < -0.39 is 9.84 Å². The standard InChI is InChI=1S/C14H17N3O2S/c1-10-12-4-2-3-5-13(12)14(17-16-10)15-11-6-8-20(18,19)9-7-11/h2-5,11H,6-9H2,1H3,(H,15,17). The van der Waals surface area contributed by atoms with Crippen LogP contribution in [-0.2, 0) is 9.84 Å². The first-order valence-corrected chi connectivity index (χ1v) is 8.56. The first-order valence-electron chi connectivity index (χ1n) is 6.74. The van der Waals surface area contributed by atoms with Crippen molar-refractivity contribution in [3.8, 4) is 0 Å². The second-order valence-electron chi connectivity index (χ2n) is 5.25. The highest BCUT2D eigenvalue weighted by Gasteiger charge is 2.24. The Morgan fingerprint density at radius 3 is 2.45 bits per heavy atom. The van der Waals surface area contributed by atoms with Gasteiger partial charge in [-0.2, -0.15) is 5.10 Å². The van der Waals surface area contributed by atoms with E-state index in [4.69, 9.17) is 0 Å². The summed E-state index contributed by atoms with van der Waals surface area (Å²) >= 11 is 0. The molecule has 106 valence electrons. The Hall–Kier alpha value is -1.69. The van der Waals surface area contributed by atoms with Crippen LogP contribution in [0.3, 0.4) is 0 Å². The number of sulfone groups is 1. The van der Waals surface area contributed by atoms with E-state index in [9.17, 15) is 8.42 Å². The molecule has 3 rings (SSSR count). The maximum atomic E-state index is 11.4. The van der Waals surface area contributed by atoms with Crippen LogP contribution in [0.15, 0.2) is 24.3 Å². The molecule has 0 spiro atoms. The van der Waals surface area contributed by atoms with Crippen molar-refractivity contribution >= 4 is 26.4 Å². The van der Waals surface area contributed by atoms with E-state index in [1.165, 1.54) is 0 Å². The van der Waals surface area contributed by atoms with Crippen molar-refractivity contribution < 1.29 is 8.42 Å². The lowest BCUT2D eigenvalue weighted by molar-refractivity contribution is 0.559. The zero-order valence-electron chi connectivity index (χ0n) is 11.3. The van der Waals surface area contributed by atoms with Gasteiger partial charge in [-0.1, -0.05) is 24.3 Å². The van der Waals surface area contributed by atoms with E-state index in [1.54, 1.807) is 0 Å². The summed E-state index contributed by atoms with van der Waals surface area (Å²) in [6.45, 7) is 1.94. The first-order chi connectivity index (χ1) is 9.55. The van der Waals surface area contributed by atoms with Gasteiger partial charge < -0.3 is 5.32 Å². The summed E-state index contributed by atoms with van der Waals surface area (Å²) in [4.78, 5) is 0. The predicted octanol–water partition coefficient (Wildman–Crippen LogP) is 1.93. The minimum atomic E-state index is -2.83. The first kappa shape index (κ1) is 13.3. The minimum absolute atomic E-state index is 0.152. The maximum absolute atomic E-state index is 11.4. The van der Waals surface area contributed by atoms with E-state index >= 15 is 0 Å². The van der Waals surface area contributed by atoms with Crippen LogP contribution in [0, 0.1) is 6.92 Å². The number of aryl methyl sites for hydroxylation is 1. The molecule has 1 fully saturated rings. The Kier molecular flexibility index (Phi) is 3.33. The molecule has 1 aliphatic heterocycles. The van der Waals surface area contributed by atoms with Crippen molar-refractivity contribution in [2.45, 2.75) is 25.8 Å². The van der Waals surface area contributed by atoms with Gasteiger partial charge in [0.2, 0.25) is 0 Å². The van der Waals surface area contributed by atoms with Crippen molar-refractivity contribution in [2.24, 2.45) is 0 Å². The second-order valence-corrected chi connectivity index (χ2v) is 7.55. The number of rotatable bonds is 2. The number of nitrogens with zero attached hydrogens (tertiary/aromatic N) is 2. The quantitative estimate of drug-likeness (QED) is 0.915. The second kappa shape index (κ2) is 5.01. The van der Waals surface area contributed by atoms with E-state index in [1.807, 2.05) is 31.2 Å². The molecular weight excluding hydrogens is 274 g/mol. The summed E-state index contributed by atoms with van der Waals surface area (Å²) in [7, 11) is -2.83. The topological polar surface area (TPSA) is 72.0 Å². The molecule has 0 unspecified atom stereocenters. The molecule has 20 heavy (non-hydrogen) atoms. The van der Waals surface area contributed by atoms with Gasteiger partial charge in [0.05, 0.1) is 17.2 Å². The third-order valence-corrected chi connectivity index (χ3v) is 5.48. The van der Waals surface area contributed by atoms with E-state index in [0.717, 1.165) is 22.3 Å². The van der Waals surface area contributed by atoms with Crippen molar-refractivity contribution in [1.82, 2.24) is 10.2 Å². The number of anilines is 1. The smallest absolute Gasteiger partial charge is 0.156 e. The van der Waals surface area contributed by atoms with Gasteiger partial charge in [0, 0.05) is 16.8 Å². The minimum Gasteiger partial charge on any atom is -0.365 e. The fourth-order valence-electron chi connectivity index (χ4n) is 2.57. The van der Waals surface area contributed by atoms with Crippen LogP contribution < -0.4 is 5.32 Å². The monoisotopic (exact) mass is 291 g/mol. The van der Waals surface area contributed by atoms with Crippen molar-refractivity contribution in [2.75, 3.05) is 16.8 Å². The van der Waals surface area contributed by atoms with Gasteiger partial charge in [-0.3, -0.25) is 0 Å². The highest BCUT2D eigenvalue weighted by molar-refractivity contribution is 7.91. The molecule has 1 N–H and O–H groups in total. The third-order valence-electron chi connectivity index (χ3n) is 3.77. The number of aromatic nitrogens is 2. The van der Waals surface area contributed by atoms with E-state index in [0.29, 0.717) is 12.8 Å². The molecule has 5 nitrogen and oxygen atoms in total. The van der Waals surface area contributed by atoms with E-state index in [-0.39, 0.29) is 17.5 Å². The molecular formula is C14H17N3O2S. The van der Waals surface area contributed by atoms with Crippen LogP contribution in [0.1, 0.15) is 18.5 Å². The highest BCUT2D eigenvalue weighted by atomic mass is 32.2. The largest absolute Gasteiger partial charge is 0.365 e. The number of nitrogens with one attached hydrogen (secondary N) is 1. The fourth-order valence-corrected chi connectivity index (χ4v) is 4.06. The molecule has 1 aromatic heterocycles. The molecule has 1 saturated heterocycles. The Morgan fingerprint density at radius 1 is 1.10 bits per heavy atom. The highest BCUT2D eigenvalue weighted by Crippen LogP contribution is 2.24. The van der Waals surface area contributed by atoms with Gasteiger partial charge in [-0.15, -0.1) is 5.10 Å². The molecule has 1 aliphatic rings. The lowest BCUT2D eigenvalue weighted by Crippen LogP contribution is -2.32. The van der Waals surface area contributed by atoms with Crippen LogP contribution in [0.2, 0.25) is 0 Å². The summed E-state index contributed by atoms with van der Waals surface area (Å²) in [5.41, 5.74) is 0.900. The molecule has 0 amide bonds. The molecule has 2 aromatic rings. The van der Waals surface area contributed by atoms with Crippen molar-refractivity contribution in [1.29, 1.82) is 0 Å². The number of hydrogen-bond donors (Lipinski definition) is 1. The summed E-state index contributed by atoms with van der Waals surface area (Å²) in [6, 6.07) is 8.14. The number of benzene rings is 1. The third kappa shape index (κ3) is 2.60. The van der Waals surface area contributed by atoms with Crippen LogP contribution in [0.5, 0.6) is 0 Å². The zero-order valence-corrected chi connectivity index (χ0v) is 12.2. The Bertz CT molecular complexity index is 729. The Morgan fingerprint density at radius 2 is 1.75 bits per heavy atom. The SMILES string of the molecule is Cc1nnc(NC2CCS(=O)(=O)CC2)c2ccccc12. The van der Waals surface area contributed by atoms with Gasteiger partial charge in [0.15, 0.2) is 5.82 Å². The molecule has 0 aliphatic carbocycles. The molecule has 2 heterocycles. The average molecular weight is 291 g/mol. The zero-order chi connectivity index (χ0) is 14.2. The van der Waals surface area contributed by atoms with Gasteiger partial charge in [-0.25, -0.2) is 8.42 Å². The summed E-state index contributed by atoms with van der Waals surface area (Å²) < 4.78 is 22.9. The molecule has 1 aromatic carbocycles. The van der Waals surface area contributed by atoms with Crippen molar-refractivity contribution in [3.05, 3.63) is 30.0 Å². The van der Waals surface area contributed by atoms with Crippen LogP contribution >= 0.6 is 0 Å². The average Bonchev–Trinajstić information content (AvgIpc) is 2.44. The number of fused-ring (bicyclic) bond motifs is 1. The van der Waals surface area contributed by atoms with Gasteiger partial charge in [0.25, 0.3) is 0 Å². The van der Waals surface area contributed by atoms with Gasteiger partial charge >= 0.3 is 0 Å². The van der Waals surface area contributed by atoms with Gasteiger partial charge in [0.1, 0.15) is 9.84 Å². The lowest BCUT2D eigenvalue weighted by atomic mass is 10.1. The van der Waals surface area contributed by atoms with E-state index in [2.05, 4.69) is 15.5 Å². The maximum Gasteiger partial charge on any atom is 0.156 e. The normalized spacial score (nSPS) is 19.1. The molecule has 6 heteroatoms. The lowest BCUT2D eigenvalue weighted by Gasteiger charge is -2.23. The summed E-state index contributed by atoms with van der Waals surface area (Å²) in [5, 5.41) is 13.9. The van der Waals surface area contributed by atoms with Crippen molar-refractivity contribution in [3.63, 3.8) is 0 Å². The van der Waals surface area contributed by atoms with Crippen LogP contribution in [0.25, 0.3) is 10.8 Å². The molecule has 0 atom stereocenters. The van der Waals surface area contributed by atoms with Crippen LogP contribution in [0.4, 0.5) is 5.82 Å². The summed E-state index contributed by atoms with van der Waals surface area (Å²) in [6.07, 6.45) is 1.26. The molecule has 0 radical (unpaired) electrons. The van der Waals surface area contributed by atoms with Crippen LogP contribution in [-0.4, -0.2) is 36.2 Å². The predicted molar refractivity (Wildman–Crippen MR) is 79.6 cm³/mol. The number of hydrogen-bond acceptors (Lipinski definition) is 5. The fraction of sp³-hybridized carbons (Fsp3) is 0.429. The Labute approximate surface area is 118 Å². The molecule has 0 saturated carbocycles. The summed E-state index contributed by atoms with van der Waals surface area (Å²) in [5.74, 6) is 1.25. The Balaban J connectivity index is 1.87. The van der Waals surface area contributed by atoms with Gasteiger partial charge in [-0.05, 0) is 19.8 Å².